The van der Waals surface area contributed by atoms with Crippen molar-refractivity contribution >= 4 is 33.7 Å². The number of halogens is 7. The van der Waals surface area contributed by atoms with Gasteiger partial charge in [0.15, 0.2) is 0 Å². The molecule has 12 nitrogen and oxygen atoms in total. The van der Waals surface area contributed by atoms with Gasteiger partial charge in [-0.25, -0.2) is 27.4 Å². The maximum atomic E-state index is 14.0. The van der Waals surface area contributed by atoms with E-state index in [1.165, 1.54) is 16.4 Å². The molecule has 252 valence electrons. The van der Waals surface area contributed by atoms with Gasteiger partial charge >= 0.3 is 24.3 Å². The van der Waals surface area contributed by atoms with Crippen molar-refractivity contribution in [2.45, 2.75) is 37.0 Å². The van der Waals surface area contributed by atoms with Crippen molar-refractivity contribution < 1.29 is 63.7 Å². The number of carboxylic acids is 2. The third-order valence-corrected chi connectivity index (χ3v) is 8.15. The molecule has 4 rings (SSSR count). The maximum absolute atomic E-state index is 14.0. The molecule has 0 amide bonds. The van der Waals surface area contributed by atoms with Crippen molar-refractivity contribution in [2.24, 2.45) is 0 Å². The van der Waals surface area contributed by atoms with Gasteiger partial charge in [-0.05, 0) is 31.0 Å². The molecule has 0 saturated carbocycles. The quantitative estimate of drug-likeness (QED) is 0.460. The summed E-state index contributed by atoms with van der Waals surface area (Å²) in [5.74, 6) is -4.56. The third-order valence-electron chi connectivity index (χ3n) is 6.25. The number of carbonyl (C=O) groups is 2. The summed E-state index contributed by atoms with van der Waals surface area (Å²) >= 11 is 0. The number of aromatic nitrogens is 2. The monoisotopic (exact) mass is 677 g/mol. The fourth-order valence-electron chi connectivity index (χ4n) is 3.94. The maximum Gasteiger partial charge on any atom is 0.490 e. The van der Waals surface area contributed by atoms with E-state index in [9.17, 15) is 39.2 Å². The van der Waals surface area contributed by atoms with E-state index in [0.29, 0.717) is 44.1 Å². The molecule has 1 aromatic carbocycles. The van der Waals surface area contributed by atoms with Gasteiger partial charge in [0.1, 0.15) is 11.6 Å². The highest BCUT2D eigenvalue weighted by Crippen LogP contribution is 2.29. The standard InChI is InChI=1S/C21H28FN5O3S.2C2HF3O2/c1-15-4-5-16(14-18(15)22)31(28,29)27-8-6-17-19(7-9-27)23-21(24-20(17)25(2)3)26-10-12-30-13-11-26;2*3-2(4,5)1(6)7/h4-5,14H,6-13H2,1-3H3;2*(H,6,7). The number of ether oxygens (including phenoxy) is 1. The molecule has 2 aliphatic heterocycles. The summed E-state index contributed by atoms with van der Waals surface area (Å²) in [5.41, 5.74) is 2.26. The van der Waals surface area contributed by atoms with Crippen LogP contribution < -0.4 is 9.80 Å². The van der Waals surface area contributed by atoms with Crippen molar-refractivity contribution in [1.82, 2.24) is 14.3 Å². The van der Waals surface area contributed by atoms with Gasteiger partial charge in [0.25, 0.3) is 0 Å². The Bertz CT molecular complexity index is 1440. The number of hydrogen-bond donors (Lipinski definition) is 2. The predicted octanol–water partition coefficient (Wildman–Crippen LogP) is 2.88. The number of fused-ring (bicyclic) bond motifs is 1. The van der Waals surface area contributed by atoms with Crippen LogP contribution in [0.2, 0.25) is 0 Å². The van der Waals surface area contributed by atoms with Gasteiger partial charge < -0.3 is 24.7 Å². The van der Waals surface area contributed by atoms with Crippen molar-refractivity contribution in [3.63, 3.8) is 0 Å². The first-order chi connectivity index (χ1) is 20.7. The lowest BCUT2D eigenvalue weighted by molar-refractivity contribution is -0.193. The van der Waals surface area contributed by atoms with Crippen LogP contribution in [0.1, 0.15) is 16.8 Å². The minimum Gasteiger partial charge on any atom is -0.475 e. The summed E-state index contributed by atoms with van der Waals surface area (Å²) in [5, 5.41) is 14.2. The van der Waals surface area contributed by atoms with Crippen molar-refractivity contribution in [3.05, 3.63) is 40.8 Å². The number of hydrogen-bond acceptors (Lipinski definition) is 9. The van der Waals surface area contributed by atoms with E-state index < -0.39 is 40.1 Å². The predicted molar refractivity (Wildman–Crippen MR) is 144 cm³/mol. The van der Waals surface area contributed by atoms with E-state index in [1.54, 1.807) is 6.92 Å². The van der Waals surface area contributed by atoms with Crippen LogP contribution in [0.4, 0.5) is 42.5 Å². The topological polar surface area (TPSA) is 153 Å². The molecular formula is C25H30F7N5O7S. The average molecular weight is 678 g/mol. The fraction of sp³-hybridized carbons (Fsp3) is 0.520. The zero-order valence-electron chi connectivity index (χ0n) is 24.1. The highest BCUT2D eigenvalue weighted by Gasteiger charge is 2.39. The Hall–Kier alpha value is -3.78. The van der Waals surface area contributed by atoms with E-state index in [2.05, 4.69) is 4.90 Å². The van der Waals surface area contributed by atoms with Crippen LogP contribution in [0, 0.1) is 12.7 Å². The lowest BCUT2D eigenvalue weighted by atomic mass is 10.1. The van der Waals surface area contributed by atoms with Crippen LogP contribution in [-0.4, -0.2) is 111 Å². The molecule has 0 unspecified atom stereocenters. The molecule has 0 aliphatic carbocycles. The van der Waals surface area contributed by atoms with Crippen LogP contribution in [-0.2, 0) is 37.2 Å². The number of sulfonamides is 1. The molecule has 3 heterocycles. The summed E-state index contributed by atoms with van der Waals surface area (Å²) in [7, 11) is 0.0600. The molecule has 1 fully saturated rings. The number of rotatable bonds is 4. The highest BCUT2D eigenvalue weighted by molar-refractivity contribution is 7.89. The number of anilines is 2. The van der Waals surface area contributed by atoms with Crippen LogP contribution in [0.3, 0.4) is 0 Å². The lowest BCUT2D eigenvalue weighted by Gasteiger charge is -2.28. The van der Waals surface area contributed by atoms with Gasteiger partial charge in [0, 0.05) is 52.3 Å². The molecule has 45 heavy (non-hydrogen) atoms. The Morgan fingerprint density at radius 1 is 0.911 bits per heavy atom. The molecular weight excluding hydrogens is 647 g/mol. The Kier molecular flexibility index (Phi) is 12.5. The molecule has 0 atom stereocenters. The molecule has 2 aliphatic rings. The number of morpholine rings is 1. The molecule has 1 aromatic heterocycles. The van der Waals surface area contributed by atoms with E-state index >= 15 is 0 Å². The number of benzene rings is 1. The van der Waals surface area contributed by atoms with Crippen molar-refractivity contribution in [3.8, 4) is 0 Å². The van der Waals surface area contributed by atoms with E-state index in [-0.39, 0.29) is 11.4 Å². The zero-order valence-corrected chi connectivity index (χ0v) is 24.9. The minimum atomic E-state index is -5.08. The zero-order chi connectivity index (χ0) is 34.3. The van der Waals surface area contributed by atoms with E-state index in [4.69, 9.17) is 34.5 Å². The summed E-state index contributed by atoms with van der Waals surface area (Å²) in [6.45, 7) is 4.93. The Morgan fingerprint density at radius 2 is 1.42 bits per heavy atom. The second-order valence-electron chi connectivity index (χ2n) is 9.69. The van der Waals surface area contributed by atoms with Gasteiger partial charge in [-0.1, -0.05) is 6.07 Å². The number of aliphatic carboxylic acids is 2. The van der Waals surface area contributed by atoms with Crippen molar-refractivity contribution in [1.29, 1.82) is 0 Å². The summed E-state index contributed by atoms with van der Waals surface area (Å²) in [4.78, 5) is 31.4. The van der Waals surface area contributed by atoms with Crippen LogP contribution in [0.15, 0.2) is 23.1 Å². The number of carboxylic acid groups (broad SMARTS) is 2. The van der Waals surface area contributed by atoms with E-state index in [0.717, 1.165) is 36.2 Å². The van der Waals surface area contributed by atoms with Crippen LogP contribution in [0.5, 0.6) is 0 Å². The van der Waals surface area contributed by atoms with Gasteiger partial charge in [0.2, 0.25) is 16.0 Å². The third kappa shape index (κ3) is 10.4. The van der Waals surface area contributed by atoms with E-state index in [1.807, 2.05) is 19.0 Å². The van der Waals surface area contributed by atoms with Gasteiger partial charge in [0.05, 0.1) is 23.8 Å². The summed E-state index contributed by atoms with van der Waals surface area (Å²) in [6, 6.07) is 4.07. The number of nitrogens with zero attached hydrogens (tertiary/aromatic N) is 5. The SMILES string of the molecule is Cc1ccc(S(=O)(=O)N2CCc3nc(N4CCOCC4)nc(N(C)C)c3CC2)cc1F.O=C(O)C(F)(F)F.O=C(O)C(F)(F)F. The molecule has 20 heteroatoms. The smallest absolute Gasteiger partial charge is 0.475 e. The van der Waals surface area contributed by atoms with Gasteiger partial charge in [-0.2, -0.15) is 35.6 Å². The average Bonchev–Trinajstić information content (AvgIpc) is 3.17. The first-order valence-electron chi connectivity index (χ1n) is 12.9. The van der Waals surface area contributed by atoms with Crippen molar-refractivity contribution in [2.75, 3.05) is 63.3 Å². The van der Waals surface area contributed by atoms with Gasteiger partial charge in [-0.15, -0.1) is 0 Å². The Labute approximate surface area is 253 Å². The number of aryl methyl sites for hydroxylation is 1. The summed E-state index contributed by atoms with van der Waals surface area (Å²) in [6.07, 6.45) is -9.19. The Morgan fingerprint density at radius 3 is 1.89 bits per heavy atom. The first kappa shape index (κ1) is 37.4. The van der Waals surface area contributed by atoms with Crippen LogP contribution in [0.25, 0.3) is 0 Å². The first-order valence-corrected chi connectivity index (χ1v) is 14.4. The molecule has 1 saturated heterocycles. The normalized spacial score (nSPS) is 15.8. The molecule has 2 aromatic rings. The van der Waals surface area contributed by atoms with Gasteiger partial charge in [-0.3, -0.25) is 0 Å². The Balaban J connectivity index is 0.000000421. The second-order valence-corrected chi connectivity index (χ2v) is 11.6. The minimum absolute atomic E-state index is 0.0190. The van der Waals surface area contributed by atoms with Crippen LogP contribution >= 0.6 is 0 Å². The second kappa shape index (κ2) is 15.0. The summed E-state index contributed by atoms with van der Waals surface area (Å²) < 4.78 is 111. The molecule has 0 radical (unpaired) electrons. The molecule has 0 bridgehead atoms. The largest absolute Gasteiger partial charge is 0.490 e. The lowest BCUT2D eigenvalue weighted by Crippen LogP contribution is -2.38. The highest BCUT2D eigenvalue weighted by atomic mass is 32.2. The fourth-order valence-corrected chi connectivity index (χ4v) is 5.40. The molecule has 2 N–H and O–H groups in total. The molecule has 0 spiro atoms. The number of alkyl halides is 6.